The Morgan fingerprint density at radius 1 is 0.625 bits per heavy atom. The lowest BCUT2D eigenvalue weighted by Crippen LogP contribution is -2.43. The van der Waals surface area contributed by atoms with Gasteiger partial charge in [0.2, 0.25) is 0 Å². The van der Waals surface area contributed by atoms with Crippen LogP contribution in [0.5, 0.6) is 0 Å². The number of carbonyl (C=O) groups is 2. The van der Waals surface area contributed by atoms with Crippen LogP contribution < -0.4 is 0 Å². The van der Waals surface area contributed by atoms with Gasteiger partial charge in [0.25, 0.3) is 0 Å². The molecule has 0 saturated heterocycles. The van der Waals surface area contributed by atoms with E-state index in [9.17, 15) is 9.59 Å². The highest BCUT2D eigenvalue weighted by Crippen LogP contribution is 2.42. The van der Waals surface area contributed by atoms with Crippen molar-refractivity contribution in [1.82, 2.24) is 0 Å². The molecule has 0 heterocycles. The van der Waals surface area contributed by atoms with E-state index in [0.29, 0.717) is 12.8 Å². The lowest BCUT2D eigenvalue weighted by Gasteiger charge is -2.36. The van der Waals surface area contributed by atoms with E-state index >= 15 is 0 Å². The van der Waals surface area contributed by atoms with E-state index in [4.69, 9.17) is 0 Å². The zero-order valence-electron chi connectivity index (χ0n) is 17.9. The summed E-state index contributed by atoms with van der Waals surface area (Å²) in [5.41, 5.74) is 2.67. The Labute approximate surface area is 189 Å². The molecule has 4 aromatic carbocycles. The summed E-state index contributed by atoms with van der Waals surface area (Å²) in [7, 11) is 0. The number of aldehydes is 1. The van der Waals surface area contributed by atoms with Crippen LogP contribution in [0.2, 0.25) is 0 Å². The highest BCUT2D eigenvalue weighted by atomic mass is 16.1. The zero-order valence-corrected chi connectivity index (χ0v) is 17.9. The Hall–Kier alpha value is -3.78. The maximum atomic E-state index is 14.4. The fourth-order valence-electron chi connectivity index (χ4n) is 4.50. The summed E-state index contributed by atoms with van der Waals surface area (Å²) < 4.78 is 0. The highest BCUT2D eigenvalue weighted by molar-refractivity contribution is 6.05. The number of carbonyl (C=O) groups excluding carboxylic acids is 2. The number of Topliss-reactive ketones (excluding diaryl/α,β-unsaturated/α-hetero) is 1. The van der Waals surface area contributed by atoms with Gasteiger partial charge in [-0.1, -0.05) is 121 Å². The fourth-order valence-corrected chi connectivity index (χ4v) is 4.50. The van der Waals surface area contributed by atoms with E-state index in [1.807, 2.05) is 121 Å². The number of benzene rings is 4. The van der Waals surface area contributed by atoms with E-state index in [2.05, 4.69) is 0 Å². The van der Waals surface area contributed by atoms with Crippen LogP contribution in [0.3, 0.4) is 0 Å². The summed E-state index contributed by atoms with van der Waals surface area (Å²) in [4.78, 5) is 26.7. The summed E-state index contributed by atoms with van der Waals surface area (Å²) in [6.07, 6.45) is 1.97. The van der Waals surface area contributed by atoms with Crippen LogP contribution in [0.25, 0.3) is 0 Å². The van der Waals surface area contributed by atoms with Gasteiger partial charge in [-0.05, 0) is 35.1 Å². The second-order valence-corrected chi connectivity index (χ2v) is 7.98. The maximum absolute atomic E-state index is 14.4. The van der Waals surface area contributed by atoms with Gasteiger partial charge in [-0.25, -0.2) is 0 Å². The quantitative estimate of drug-likeness (QED) is 0.189. The van der Waals surface area contributed by atoms with Gasteiger partial charge in [-0.2, -0.15) is 0 Å². The monoisotopic (exact) mass is 418 g/mol. The van der Waals surface area contributed by atoms with Crippen LogP contribution in [0, 0.1) is 5.92 Å². The van der Waals surface area contributed by atoms with Crippen molar-refractivity contribution in [2.24, 2.45) is 5.92 Å². The Morgan fingerprint density at radius 3 is 1.38 bits per heavy atom. The molecule has 0 N–H and O–H groups in total. The van der Waals surface area contributed by atoms with Crippen molar-refractivity contribution in [2.75, 3.05) is 0 Å². The van der Waals surface area contributed by atoms with Crippen molar-refractivity contribution >= 4 is 12.1 Å². The van der Waals surface area contributed by atoms with Gasteiger partial charge in [-0.15, -0.1) is 0 Å². The van der Waals surface area contributed by atoms with Crippen LogP contribution >= 0.6 is 0 Å². The first-order valence-electron chi connectivity index (χ1n) is 11.0. The third kappa shape index (κ3) is 4.17. The molecule has 0 radical (unpaired) electrons. The normalized spacial score (nSPS) is 12.1. The van der Waals surface area contributed by atoms with Gasteiger partial charge >= 0.3 is 0 Å². The van der Waals surface area contributed by atoms with Gasteiger partial charge in [0, 0.05) is 0 Å². The molecule has 1 atom stereocenters. The molecular formula is C30H26O2. The first kappa shape index (κ1) is 21.5. The molecule has 4 aromatic rings. The van der Waals surface area contributed by atoms with E-state index in [-0.39, 0.29) is 5.78 Å². The number of hydrogen-bond acceptors (Lipinski definition) is 2. The Bertz CT molecular complexity index is 1040. The molecule has 0 aromatic heterocycles. The summed E-state index contributed by atoms with van der Waals surface area (Å²) in [6.45, 7) is 0. The SMILES string of the molecule is O=CC(CCc1ccccc1)C(=O)C(c1ccccc1)(c1ccccc1)c1ccccc1. The molecule has 2 heteroatoms. The Balaban J connectivity index is 1.86. The molecule has 4 rings (SSSR count). The van der Waals surface area contributed by atoms with Gasteiger partial charge in [0.15, 0.2) is 5.78 Å². The Morgan fingerprint density at radius 2 is 1.00 bits per heavy atom. The van der Waals surface area contributed by atoms with E-state index in [1.165, 1.54) is 0 Å². The second kappa shape index (κ2) is 10.0. The Kier molecular flexibility index (Phi) is 6.72. The van der Waals surface area contributed by atoms with Gasteiger partial charge in [0.1, 0.15) is 11.7 Å². The fraction of sp³-hybridized carbons (Fsp3) is 0.133. The zero-order chi connectivity index (χ0) is 22.2. The number of aryl methyl sites for hydroxylation is 1. The number of ketones is 1. The molecule has 0 saturated carbocycles. The van der Waals surface area contributed by atoms with Crippen LogP contribution in [0.4, 0.5) is 0 Å². The molecule has 0 spiro atoms. The average molecular weight is 419 g/mol. The van der Waals surface area contributed by atoms with Crippen LogP contribution in [0.1, 0.15) is 28.7 Å². The minimum atomic E-state index is -1.06. The standard InChI is InChI=1S/C30H26O2/c31-23-25(22-21-24-13-5-1-6-14-24)29(32)30(26-15-7-2-8-16-26,27-17-9-3-10-18-27)28-19-11-4-12-20-28/h1-20,23,25H,21-22H2. The van der Waals surface area contributed by atoms with Crippen molar-refractivity contribution in [3.8, 4) is 0 Å². The number of hydrogen-bond donors (Lipinski definition) is 0. The summed E-state index contributed by atoms with van der Waals surface area (Å²) in [5, 5.41) is 0. The topological polar surface area (TPSA) is 34.1 Å². The largest absolute Gasteiger partial charge is 0.303 e. The van der Waals surface area contributed by atoms with Crippen LogP contribution in [-0.2, 0) is 21.4 Å². The molecule has 0 aliphatic rings. The smallest absolute Gasteiger partial charge is 0.162 e. The molecule has 32 heavy (non-hydrogen) atoms. The first-order chi connectivity index (χ1) is 15.8. The van der Waals surface area contributed by atoms with Crippen LogP contribution in [-0.4, -0.2) is 12.1 Å². The van der Waals surface area contributed by atoms with E-state index in [0.717, 1.165) is 28.5 Å². The van der Waals surface area contributed by atoms with Crippen molar-refractivity contribution in [3.63, 3.8) is 0 Å². The van der Waals surface area contributed by atoms with Crippen molar-refractivity contribution in [1.29, 1.82) is 0 Å². The molecule has 158 valence electrons. The van der Waals surface area contributed by atoms with Gasteiger partial charge < -0.3 is 4.79 Å². The first-order valence-corrected chi connectivity index (χ1v) is 11.0. The van der Waals surface area contributed by atoms with Gasteiger partial charge in [0.05, 0.1) is 5.92 Å². The molecule has 0 bridgehead atoms. The maximum Gasteiger partial charge on any atom is 0.162 e. The third-order valence-corrected chi connectivity index (χ3v) is 6.08. The second-order valence-electron chi connectivity index (χ2n) is 7.98. The molecule has 0 amide bonds. The van der Waals surface area contributed by atoms with E-state index < -0.39 is 11.3 Å². The number of rotatable bonds is 9. The molecule has 2 nitrogen and oxygen atoms in total. The summed E-state index contributed by atoms with van der Waals surface area (Å²) in [5.74, 6) is -0.817. The predicted molar refractivity (Wildman–Crippen MR) is 129 cm³/mol. The summed E-state index contributed by atoms with van der Waals surface area (Å²) >= 11 is 0. The lowest BCUT2D eigenvalue weighted by atomic mass is 9.63. The lowest BCUT2D eigenvalue weighted by molar-refractivity contribution is -0.130. The molecule has 1 unspecified atom stereocenters. The minimum Gasteiger partial charge on any atom is -0.303 e. The highest BCUT2D eigenvalue weighted by Gasteiger charge is 2.46. The molecule has 0 aliphatic carbocycles. The molecular weight excluding hydrogens is 392 g/mol. The van der Waals surface area contributed by atoms with Crippen molar-refractivity contribution < 1.29 is 9.59 Å². The van der Waals surface area contributed by atoms with Crippen molar-refractivity contribution in [2.45, 2.75) is 18.3 Å². The summed E-state index contributed by atoms with van der Waals surface area (Å²) in [6, 6.07) is 39.4. The van der Waals surface area contributed by atoms with E-state index in [1.54, 1.807) is 0 Å². The molecule has 0 aliphatic heterocycles. The predicted octanol–water partition coefficient (Wildman–Crippen LogP) is 6.04. The van der Waals surface area contributed by atoms with Crippen LogP contribution in [0.15, 0.2) is 121 Å². The third-order valence-electron chi connectivity index (χ3n) is 6.08. The van der Waals surface area contributed by atoms with Crippen molar-refractivity contribution in [3.05, 3.63) is 144 Å². The minimum absolute atomic E-state index is 0.0907. The molecule has 0 fully saturated rings. The average Bonchev–Trinajstić information content (AvgIpc) is 2.87. The van der Waals surface area contributed by atoms with Gasteiger partial charge in [-0.3, -0.25) is 4.79 Å².